The molecule has 0 unspecified atom stereocenters. The molecule has 100 valence electrons. The van der Waals surface area contributed by atoms with E-state index in [2.05, 4.69) is 41.1 Å². The number of imidazole rings is 1. The fraction of sp³-hybridized carbons (Fsp3) is 0.438. The van der Waals surface area contributed by atoms with E-state index < -0.39 is 0 Å². The summed E-state index contributed by atoms with van der Waals surface area (Å²) in [6, 6.07) is 8.68. The van der Waals surface area contributed by atoms with Crippen molar-refractivity contribution in [2.75, 3.05) is 13.6 Å². The Kier molecular flexibility index (Phi) is 3.38. The highest BCUT2D eigenvalue weighted by Gasteiger charge is 2.21. The van der Waals surface area contributed by atoms with Crippen molar-refractivity contribution in [2.45, 2.75) is 32.7 Å². The number of likely N-dealkylation sites (N-methyl/N-ethyl adjacent to an activating group) is 1. The molecule has 2 aromatic rings. The van der Waals surface area contributed by atoms with Crippen LogP contribution >= 0.6 is 0 Å². The summed E-state index contributed by atoms with van der Waals surface area (Å²) in [6.45, 7) is 4.26. The fourth-order valence-electron chi connectivity index (χ4n) is 2.91. The van der Waals surface area contributed by atoms with Crippen LogP contribution in [0, 0.1) is 6.92 Å². The lowest BCUT2D eigenvalue weighted by Crippen LogP contribution is -2.13. The number of hydrogen-bond acceptors (Lipinski definition) is 2. The van der Waals surface area contributed by atoms with Gasteiger partial charge in [-0.25, -0.2) is 4.98 Å². The largest absolute Gasteiger partial charge is 0.331 e. The molecule has 1 N–H and O–H groups in total. The number of nitrogens with zero attached hydrogens (tertiary/aromatic N) is 2. The Balaban J connectivity index is 2.02. The van der Waals surface area contributed by atoms with Crippen LogP contribution in [0.25, 0.3) is 11.3 Å². The van der Waals surface area contributed by atoms with E-state index in [9.17, 15) is 0 Å². The predicted octanol–water partition coefficient (Wildman–Crippen LogP) is 2.57. The third kappa shape index (κ3) is 2.30. The van der Waals surface area contributed by atoms with Gasteiger partial charge in [-0.2, -0.15) is 0 Å². The average Bonchev–Trinajstić information content (AvgIpc) is 2.98. The highest BCUT2D eigenvalue weighted by molar-refractivity contribution is 5.63. The van der Waals surface area contributed by atoms with Gasteiger partial charge in [-0.15, -0.1) is 0 Å². The smallest absolute Gasteiger partial charge is 0.110 e. The first-order valence-corrected chi connectivity index (χ1v) is 7.09. The minimum absolute atomic E-state index is 0.990. The Labute approximate surface area is 114 Å². The summed E-state index contributed by atoms with van der Waals surface area (Å²) < 4.78 is 2.43. The summed E-state index contributed by atoms with van der Waals surface area (Å²) in [5, 5.41) is 3.21. The number of benzene rings is 1. The summed E-state index contributed by atoms with van der Waals surface area (Å²) in [6.07, 6.45) is 3.42. The fourth-order valence-corrected chi connectivity index (χ4v) is 2.91. The normalized spacial score (nSPS) is 13.8. The standard InChI is InChI=1S/C16H21N3/c1-12-5-3-6-13(11-12)16-14-7-4-10-19(14)15(18-16)8-9-17-2/h3,5-6,11,17H,4,7-10H2,1-2H3. The van der Waals surface area contributed by atoms with Crippen molar-refractivity contribution < 1.29 is 0 Å². The first kappa shape index (κ1) is 12.4. The maximum absolute atomic E-state index is 4.90. The summed E-state index contributed by atoms with van der Waals surface area (Å²) in [5.41, 5.74) is 5.19. The molecule has 1 aromatic heterocycles. The summed E-state index contributed by atoms with van der Waals surface area (Å²) >= 11 is 0. The quantitative estimate of drug-likeness (QED) is 0.910. The first-order valence-electron chi connectivity index (χ1n) is 7.09. The maximum Gasteiger partial charge on any atom is 0.110 e. The number of rotatable bonds is 4. The van der Waals surface area contributed by atoms with Crippen molar-refractivity contribution in [3.63, 3.8) is 0 Å². The second-order valence-corrected chi connectivity index (χ2v) is 5.30. The van der Waals surface area contributed by atoms with Gasteiger partial charge in [0.15, 0.2) is 0 Å². The molecule has 1 aliphatic rings. The van der Waals surface area contributed by atoms with Crippen LogP contribution in [0.1, 0.15) is 23.5 Å². The zero-order valence-corrected chi connectivity index (χ0v) is 11.7. The van der Waals surface area contributed by atoms with Crippen molar-refractivity contribution >= 4 is 0 Å². The molecule has 0 fully saturated rings. The molecule has 0 radical (unpaired) electrons. The van der Waals surface area contributed by atoms with Crippen molar-refractivity contribution in [1.82, 2.24) is 14.9 Å². The van der Waals surface area contributed by atoms with Gasteiger partial charge in [-0.1, -0.05) is 23.8 Å². The molecule has 0 spiro atoms. The zero-order chi connectivity index (χ0) is 13.2. The molecule has 1 aliphatic heterocycles. The highest BCUT2D eigenvalue weighted by Crippen LogP contribution is 2.30. The van der Waals surface area contributed by atoms with Gasteiger partial charge in [-0.3, -0.25) is 0 Å². The first-order chi connectivity index (χ1) is 9.29. The number of fused-ring (bicyclic) bond motifs is 1. The summed E-state index contributed by atoms with van der Waals surface area (Å²) in [4.78, 5) is 4.90. The Morgan fingerprint density at radius 3 is 3.05 bits per heavy atom. The molecule has 1 aromatic carbocycles. The van der Waals surface area contributed by atoms with Gasteiger partial charge < -0.3 is 9.88 Å². The number of hydrogen-bond donors (Lipinski definition) is 1. The molecular weight excluding hydrogens is 234 g/mol. The predicted molar refractivity (Wildman–Crippen MR) is 78.4 cm³/mol. The third-order valence-corrected chi connectivity index (χ3v) is 3.84. The second kappa shape index (κ2) is 5.17. The molecule has 0 aliphatic carbocycles. The number of nitrogens with one attached hydrogen (secondary N) is 1. The van der Waals surface area contributed by atoms with Gasteiger partial charge in [-0.05, 0) is 32.9 Å². The molecule has 2 heterocycles. The van der Waals surface area contributed by atoms with Gasteiger partial charge in [0.05, 0.1) is 5.69 Å². The van der Waals surface area contributed by atoms with E-state index in [1.54, 1.807) is 0 Å². The second-order valence-electron chi connectivity index (χ2n) is 5.30. The highest BCUT2D eigenvalue weighted by atomic mass is 15.1. The molecule has 0 amide bonds. The molecule has 0 atom stereocenters. The lowest BCUT2D eigenvalue weighted by Gasteiger charge is -2.02. The van der Waals surface area contributed by atoms with Gasteiger partial charge in [0.1, 0.15) is 5.82 Å². The minimum atomic E-state index is 0.990. The van der Waals surface area contributed by atoms with E-state index >= 15 is 0 Å². The minimum Gasteiger partial charge on any atom is -0.331 e. The van der Waals surface area contributed by atoms with Crippen LogP contribution in [-0.4, -0.2) is 23.1 Å². The average molecular weight is 255 g/mol. The maximum atomic E-state index is 4.90. The SMILES string of the molecule is CNCCc1nc(-c2cccc(C)c2)c2n1CCC2. The van der Waals surface area contributed by atoms with E-state index in [4.69, 9.17) is 4.98 Å². The molecule has 0 saturated heterocycles. The zero-order valence-electron chi connectivity index (χ0n) is 11.7. The van der Waals surface area contributed by atoms with Crippen LogP contribution < -0.4 is 5.32 Å². The summed E-state index contributed by atoms with van der Waals surface area (Å²) in [7, 11) is 2.00. The Hall–Kier alpha value is -1.61. The molecule has 19 heavy (non-hydrogen) atoms. The van der Waals surface area contributed by atoms with Crippen LogP contribution in [0.15, 0.2) is 24.3 Å². The van der Waals surface area contributed by atoms with E-state index in [0.717, 1.165) is 25.9 Å². The Bertz CT molecular complexity index is 584. The molecule has 3 rings (SSSR count). The van der Waals surface area contributed by atoms with Gasteiger partial charge in [0.2, 0.25) is 0 Å². The van der Waals surface area contributed by atoms with Gasteiger partial charge in [0.25, 0.3) is 0 Å². The molecule has 0 saturated carbocycles. The Morgan fingerprint density at radius 1 is 1.37 bits per heavy atom. The van der Waals surface area contributed by atoms with E-state index in [1.807, 2.05) is 7.05 Å². The Morgan fingerprint density at radius 2 is 2.26 bits per heavy atom. The van der Waals surface area contributed by atoms with E-state index in [0.29, 0.717) is 0 Å². The molecule has 3 nitrogen and oxygen atoms in total. The van der Waals surface area contributed by atoms with Crippen LogP contribution in [0.5, 0.6) is 0 Å². The topological polar surface area (TPSA) is 29.9 Å². The monoisotopic (exact) mass is 255 g/mol. The lowest BCUT2D eigenvalue weighted by atomic mass is 10.1. The van der Waals surface area contributed by atoms with Crippen molar-refractivity contribution in [3.8, 4) is 11.3 Å². The van der Waals surface area contributed by atoms with Crippen molar-refractivity contribution in [2.24, 2.45) is 0 Å². The molecule has 0 bridgehead atoms. The van der Waals surface area contributed by atoms with Gasteiger partial charge in [0, 0.05) is 30.8 Å². The molecular formula is C16H21N3. The third-order valence-electron chi connectivity index (χ3n) is 3.84. The lowest BCUT2D eigenvalue weighted by molar-refractivity contribution is 0.663. The van der Waals surface area contributed by atoms with Crippen LogP contribution in [0.3, 0.4) is 0 Å². The van der Waals surface area contributed by atoms with E-state index in [-0.39, 0.29) is 0 Å². The molecule has 3 heteroatoms. The van der Waals surface area contributed by atoms with Crippen LogP contribution in [-0.2, 0) is 19.4 Å². The number of aromatic nitrogens is 2. The van der Waals surface area contributed by atoms with Crippen LogP contribution in [0.4, 0.5) is 0 Å². The summed E-state index contributed by atoms with van der Waals surface area (Å²) in [5.74, 6) is 1.23. The van der Waals surface area contributed by atoms with Crippen LogP contribution in [0.2, 0.25) is 0 Å². The van der Waals surface area contributed by atoms with Gasteiger partial charge >= 0.3 is 0 Å². The van der Waals surface area contributed by atoms with Crippen molar-refractivity contribution in [1.29, 1.82) is 0 Å². The van der Waals surface area contributed by atoms with E-state index in [1.165, 1.54) is 34.8 Å². The number of aryl methyl sites for hydroxylation is 1. The van der Waals surface area contributed by atoms with Crippen molar-refractivity contribution in [3.05, 3.63) is 41.3 Å².